The van der Waals surface area contributed by atoms with Crippen molar-refractivity contribution < 1.29 is 23.1 Å². The van der Waals surface area contributed by atoms with Gasteiger partial charge in [-0.3, -0.25) is 0 Å². The summed E-state index contributed by atoms with van der Waals surface area (Å²) in [5.41, 5.74) is 5.17. The Morgan fingerprint density at radius 3 is 1.50 bits per heavy atom. The third kappa shape index (κ3) is 10.9. The molecule has 0 amide bonds. The number of benzene rings is 5. The highest BCUT2D eigenvalue weighted by atomic mass is 128. The lowest BCUT2D eigenvalue weighted by molar-refractivity contribution is 0.0691. The minimum absolute atomic E-state index is 0.148. The third-order valence-electron chi connectivity index (χ3n) is 5.98. The maximum Gasteiger partial charge on any atom is 0.338 e. The van der Waals surface area contributed by atoms with Gasteiger partial charge in [-0.05, 0) is 102 Å². The molecule has 2 nitrogen and oxygen atoms in total. The van der Waals surface area contributed by atoms with Gasteiger partial charge in [0, 0.05) is 41.7 Å². The summed E-state index contributed by atoms with van der Waals surface area (Å²) in [5, 5.41) is 8.92. The average molecular weight is 859 g/mol. The Kier molecular flexibility index (Phi) is 15.3. The standard InChI is InChI=1S/C14H11FO2.C13H11F.C7H6BrF.I2/c1-9-7-11(10-5-3-2-4-6-10)8-12(13(9)15)14(16)17;1-10-9-12(7-8-13(10)14)11-5-3-2-4-6-11;1-5-4-6(8)2-3-7(5)9;1-2/h2-8H,1H3,(H,16,17);2-9H,1H3;2-4H,1H3;. The van der Waals surface area contributed by atoms with Gasteiger partial charge in [-0.15, -0.1) is 0 Å². The molecule has 0 bridgehead atoms. The van der Waals surface area contributed by atoms with Crippen molar-refractivity contribution in [2.24, 2.45) is 0 Å². The number of carboxylic acid groups (broad SMARTS) is 1. The van der Waals surface area contributed by atoms with Crippen LogP contribution >= 0.6 is 53.2 Å². The Hall–Kier alpha value is -2.70. The Morgan fingerprint density at radius 2 is 1.05 bits per heavy atom. The van der Waals surface area contributed by atoms with Gasteiger partial charge in [0.05, 0.1) is 5.56 Å². The van der Waals surface area contributed by atoms with Gasteiger partial charge in [0.2, 0.25) is 0 Å². The van der Waals surface area contributed by atoms with Crippen molar-refractivity contribution >= 4 is 59.1 Å². The quantitative estimate of drug-likeness (QED) is 0.184. The lowest BCUT2D eigenvalue weighted by Crippen LogP contribution is -2.02. The Labute approximate surface area is 276 Å². The lowest BCUT2D eigenvalue weighted by Gasteiger charge is -2.07. The fraction of sp³-hybridized carbons (Fsp3) is 0.0882. The van der Waals surface area contributed by atoms with E-state index in [0.29, 0.717) is 22.3 Å². The zero-order valence-electron chi connectivity index (χ0n) is 23.0. The molecule has 0 atom stereocenters. The van der Waals surface area contributed by atoms with Crippen LogP contribution in [0.2, 0.25) is 0 Å². The molecule has 0 unspecified atom stereocenters. The summed E-state index contributed by atoms with van der Waals surface area (Å²) in [4.78, 5) is 10.9. The van der Waals surface area contributed by atoms with Crippen LogP contribution in [0.15, 0.2) is 114 Å². The molecule has 5 rings (SSSR count). The number of rotatable bonds is 3. The predicted octanol–water partition coefficient (Wildman–Crippen LogP) is 12.0. The van der Waals surface area contributed by atoms with E-state index in [1.54, 1.807) is 45.0 Å². The molecule has 5 aromatic rings. The van der Waals surface area contributed by atoms with Crippen LogP contribution < -0.4 is 0 Å². The molecule has 0 aliphatic rings. The Bertz CT molecular complexity index is 1600. The first-order valence-corrected chi connectivity index (χ1v) is 19.6. The van der Waals surface area contributed by atoms with Crippen molar-refractivity contribution in [3.05, 3.63) is 153 Å². The molecule has 42 heavy (non-hydrogen) atoms. The summed E-state index contributed by atoms with van der Waals surface area (Å²) in [7, 11) is 0. The molecule has 0 aliphatic carbocycles. The van der Waals surface area contributed by atoms with Crippen LogP contribution in [-0.4, -0.2) is 11.1 Å². The van der Waals surface area contributed by atoms with Gasteiger partial charge in [-0.1, -0.05) is 82.7 Å². The molecule has 0 heterocycles. The van der Waals surface area contributed by atoms with Crippen molar-refractivity contribution in [3.8, 4) is 22.3 Å². The van der Waals surface area contributed by atoms with Gasteiger partial charge in [-0.2, -0.15) is 0 Å². The second-order valence-electron chi connectivity index (χ2n) is 9.05. The van der Waals surface area contributed by atoms with E-state index < -0.39 is 11.8 Å². The van der Waals surface area contributed by atoms with E-state index in [2.05, 4.69) is 53.2 Å². The first kappa shape index (κ1) is 35.5. The summed E-state index contributed by atoms with van der Waals surface area (Å²) in [6.07, 6.45) is 0. The van der Waals surface area contributed by atoms with E-state index in [9.17, 15) is 18.0 Å². The summed E-state index contributed by atoms with van der Waals surface area (Å²) < 4.78 is 40.0. The topological polar surface area (TPSA) is 37.3 Å². The minimum atomic E-state index is -1.25. The van der Waals surface area contributed by atoms with Crippen LogP contribution in [0.5, 0.6) is 0 Å². The largest absolute Gasteiger partial charge is 0.478 e. The Morgan fingerprint density at radius 1 is 0.595 bits per heavy atom. The maximum absolute atomic E-state index is 13.6. The SMILES string of the molecule is Cc1cc(-c2ccccc2)cc(C(=O)O)c1F.Cc1cc(-c2ccccc2)ccc1F.Cc1cc(Br)ccc1F.II. The number of hydrogen-bond acceptors (Lipinski definition) is 1. The monoisotopic (exact) mass is 858 g/mol. The summed E-state index contributed by atoms with van der Waals surface area (Å²) >= 11 is 7.47. The molecule has 0 aromatic heterocycles. The molecule has 218 valence electrons. The van der Waals surface area contributed by atoms with Gasteiger partial charge in [0.15, 0.2) is 0 Å². The van der Waals surface area contributed by atoms with Crippen molar-refractivity contribution in [2.75, 3.05) is 0 Å². The van der Waals surface area contributed by atoms with E-state index in [1.807, 2.05) is 66.7 Å². The first-order chi connectivity index (χ1) is 20.1. The first-order valence-electron chi connectivity index (χ1n) is 12.5. The molecule has 0 aliphatic heterocycles. The van der Waals surface area contributed by atoms with E-state index in [4.69, 9.17) is 5.11 Å². The van der Waals surface area contributed by atoms with E-state index in [1.165, 1.54) is 18.2 Å². The summed E-state index contributed by atoms with van der Waals surface area (Å²) in [5.74, 6) is -2.22. The number of aryl methyl sites for hydroxylation is 3. The van der Waals surface area contributed by atoms with Crippen molar-refractivity contribution in [1.82, 2.24) is 0 Å². The highest BCUT2D eigenvalue weighted by Crippen LogP contribution is 2.25. The predicted molar refractivity (Wildman–Crippen MR) is 187 cm³/mol. The maximum atomic E-state index is 13.6. The van der Waals surface area contributed by atoms with Crippen LogP contribution in [0, 0.1) is 38.2 Å². The fourth-order valence-corrected chi connectivity index (χ4v) is 4.26. The highest BCUT2D eigenvalue weighted by Gasteiger charge is 2.14. The smallest absolute Gasteiger partial charge is 0.338 e. The zero-order chi connectivity index (χ0) is 31.2. The van der Waals surface area contributed by atoms with Crippen LogP contribution in [0.1, 0.15) is 27.0 Å². The molecule has 0 fully saturated rings. The Balaban J connectivity index is 0.000000223. The fourth-order valence-electron chi connectivity index (χ4n) is 3.79. The molecule has 0 saturated carbocycles. The lowest BCUT2D eigenvalue weighted by atomic mass is 10.00. The highest BCUT2D eigenvalue weighted by molar-refractivity contribution is 15.0. The molecule has 0 radical (unpaired) electrons. The molecule has 5 aromatic carbocycles. The molecule has 0 saturated heterocycles. The number of carboxylic acids is 1. The van der Waals surface area contributed by atoms with Gasteiger partial charge >= 0.3 is 5.97 Å². The van der Waals surface area contributed by atoms with Crippen LogP contribution in [-0.2, 0) is 0 Å². The van der Waals surface area contributed by atoms with E-state index in [-0.39, 0.29) is 17.2 Å². The summed E-state index contributed by atoms with van der Waals surface area (Å²) in [6, 6.07) is 32.3. The number of aromatic carboxylic acids is 1. The van der Waals surface area contributed by atoms with Crippen molar-refractivity contribution in [3.63, 3.8) is 0 Å². The van der Waals surface area contributed by atoms with Gasteiger partial charge in [0.25, 0.3) is 0 Å². The van der Waals surface area contributed by atoms with Gasteiger partial charge in [0.1, 0.15) is 17.5 Å². The van der Waals surface area contributed by atoms with Crippen LogP contribution in [0.25, 0.3) is 22.3 Å². The van der Waals surface area contributed by atoms with Gasteiger partial charge < -0.3 is 5.11 Å². The normalized spacial score (nSPS) is 9.74. The average Bonchev–Trinajstić information content (AvgIpc) is 3.00. The zero-order valence-corrected chi connectivity index (χ0v) is 28.9. The van der Waals surface area contributed by atoms with Crippen molar-refractivity contribution in [1.29, 1.82) is 0 Å². The van der Waals surface area contributed by atoms with Crippen LogP contribution in [0.4, 0.5) is 13.2 Å². The van der Waals surface area contributed by atoms with E-state index in [0.717, 1.165) is 21.2 Å². The summed E-state index contributed by atoms with van der Waals surface area (Å²) in [6.45, 7) is 5.08. The van der Waals surface area contributed by atoms with Crippen LogP contribution in [0.3, 0.4) is 0 Å². The van der Waals surface area contributed by atoms with Crippen molar-refractivity contribution in [2.45, 2.75) is 20.8 Å². The second-order valence-corrected chi connectivity index (χ2v) is 9.97. The minimum Gasteiger partial charge on any atom is -0.478 e. The number of carbonyl (C=O) groups is 1. The number of halogens is 6. The van der Waals surface area contributed by atoms with E-state index >= 15 is 0 Å². The third-order valence-corrected chi connectivity index (χ3v) is 6.47. The molecular weight excluding hydrogens is 831 g/mol. The molecule has 1 N–H and O–H groups in total. The number of hydrogen-bond donors (Lipinski definition) is 1. The van der Waals surface area contributed by atoms with Gasteiger partial charge in [-0.25, -0.2) is 18.0 Å². The molecular formula is C34H28BrF3I2O2. The molecule has 0 spiro atoms. The second kappa shape index (κ2) is 18.1. The molecule has 8 heteroatoms.